The molecule has 0 radical (unpaired) electrons. The van der Waals surface area contributed by atoms with Crippen molar-refractivity contribution in [3.63, 3.8) is 0 Å². The molecular weight excluding hydrogens is 168 g/mol. The van der Waals surface area contributed by atoms with Gasteiger partial charge in [0.2, 0.25) is 0 Å². The Morgan fingerprint density at radius 2 is 2.31 bits per heavy atom. The molecule has 2 atom stereocenters. The van der Waals surface area contributed by atoms with Crippen molar-refractivity contribution in [3.05, 3.63) is 0 Å². The van der Waals surface area contributed by atoms with E-state index in [9.17, 15) is 4.79 Å². The highest BCUT2D eigenvalue weighted by Crippen LogP contribution is 2.24. The molecule has 1 aliphatic rings. The zero-order chi connectivity index (χ0) is 9.68. The number of hydrogen-bond acceptors (Lipinski definition) is 3. The van der Waals surface area contributed by atoms with Crippen molar-refractivity contribution in [2.75, 3.05) is 13.2 Å². The van der Waals surface area contributed by atoms with Crippen LogP contribution in [0, 0.1) is 11.8 Å². The van der Waals surface area contributed by atoms with Crippen LogP contribution in [0.15, 0.2) is 0 Å². The Hall–Kier alpha value is -0.570. The second-order valence-corrected chi connectivity index (χ2v) is 3.92. The standard InChI is InChI=1S/C10H18O3/c1-8(2)10(13-7-11)9-4-3-5-12-6-9/h7-10H,3-6H2,1-2H3. The minimum atomic E-state index is 0.0257. The first-order valence-electron chi connectivity index (χ1n) is 4.92. The van der Waals surface area contributed by atoms with E-state index in [2.05, 4.69) is 13.8 Å². The number of carbonyl (C=O) groups is 1. The summed E-state index contributed by atoms with van der Waals surface area (Å²) in [6, 6.07) is 0. The van der Waals surface area contributed by atoms with Gasteiger partial charge in [-0.15, -0.1) is 0 Å². The topological polar surface area (TPSA) is 35.5 Å². The molecule has 0 spiro atoms. The normalized spacial score (nSPS) is 25.6. The summed E-state index contributed by atoms with van der Waals surface area (Å²) in [5.74, 6) is 0.760. The molecule has 0 saturated carbocycles. The molecule has 0 aromatic rings. The van der Waals surface area contributed by atoms with Gasteiger partial charge in [-0.25, -0.2) is 0 Å². The highest BCUT2D eigenvalue weighted by atomic mass is 16.5. The lowest BCUT2D eigenvalue weighted by Gasteiger charge is -2.31. The molecule has 1 heterocycles. The second kappa shape index (κ2) is 5.22. The first-order valence-corrected chi connectivity index (χ1v) is 4.92. The van der Waals surface area contributed by atoms with E-state index < -0.39 is 0 Å². The van der Waals surface area contributed by atoms with Gasteiger partial charge < -0.3 is 9.47 Å². The maximum Gasteiger partial charge on any atom is 0.293 e. The van der Waals surface area contributed by atoms with Gasteiger partial charge in [0.15, 0.2) is 0 Å². The molecule has 0 bridgehead atoms. The summed E-state index contributed by atoms with van der Waals surface area (Å²) in [4.78, 5) is 10.3. The average Bonchev–Trinajstić information content (AvgIpc) is 2.15. The molecule has 0 aromatic carbocycles. The van der Waals surface area contributed by atoms with E-state index in [0.717, 1.165) is 26.1 Å². The van der Waals surface area contributed by atoms with Gasteiger partial charge in [-0.1, -0.05) is 13.8 Å². The van der Waals surface area contributed by atoms with Crippen LogP contribution in [-0.2, 0) is 14.3 Å². The van der Waals surface area contributed by atoms with Crippen molar-refractivity contribution in [1.29, 1.82) is 0 Å². The highest BCUT2D eigenvalue weighted by molar-refractivity contribution is 5.37. The molecular formula is C10H18O3. The van der Waals surface area contributed by atoms with E-state index in [0.29, 0.717) is 18.3 Å². The Morgan fingerprint density at radius 1 is 1.54 bits per heavy atom. The summed E-state index contributed by atoms with van der Waals surface area (Å²) in [7, 11) is 0. The van der Waals surface area contributed by atoms with Crippen molar-refractivity contribution in [2.24, 2.45) is 11.8 Å². The molecule has 0 aromatic heterocycles. The molecule has 2 unspecified atom stereocenters. The van der Waals surface area contributed by atoms with Crippen LogP contribution in [0.5, 0.6) is 0 Å². The largest absolute Gasteiger partial charge is 0.464 e. The van der Waals surface area contributed by atoms with Gasteiger partial charge in [0.25, 0.3) is 6.47 Å². The minimum absolute atomic E-state index is 0.0257. The Balaban J connectivity index is 2.46. The summed E-state index contributed by atoms with van der Waals surface area (Å²) in [6.45, 7) is 6.28. The maximum absolute atomic E-state index is 10.3. The van der Waals surface area contributed by atoms with Crippen LogP contribution in [0.2, 0.25) is 0 Å². The summed E-state index contributed by atoms with van der Waals surface area (Å²) < 4.78 is 10.4. The number of rotatable bonds is 4. The predicted molar refractivity (Wildman–Crippen MR) is 49.3 cm³/mol. The molecule has 1 fully saturated rings. The van der Waals surface area contributed by atoms with Crippen LogP contribution in [0.4, 0.5) is 0 Å². The Morgan fingerprint density at radius 3 is 2.77 bits per heavy atom. The van der Waals surface area contributed by atoms with Crippen LogP contribution in [-0.4, -0.2) is 25.8 Å². The Bertz CT molecular complexity index is 150. The second-order valence-electron chi connectivity index (χ2n) is 3.92. The fourth-order valence-electron chi connectivity index (χ4n) is 1.90. The molecule has 0 amide bonds. The molecule has 0 aliphatic carbocycles. The lowest BCUT2D eigenvalue weighted by Crippen LogP contribution is -2.34. The fourth-order valence-corrected chi connectivity index (χ4v) is 1.90. The lowest BCUT2D eigenvalue weighted by atomic mass is 9.89. The highest BCUT2D eigenvalue weighted by Gasteiger charge is 2.27. The van der Waals surface area contributed by atoms with Gasteiger partial charge in [-0.3, -0.25) is 4.79 Å². The maximum atomic E-state index is 10.3. The molecule has 1 rings (SSSR count). The van der Waals surface area contributed by atoms with Crippen LogP contribution >= 0.6 is 0 Å². The van der Waals surface area contributed by atoms with E-state index in [1.807, 2.05) is 0 Å². The quantitative estimate of drug-likeness (QED) is 0.626. The van der Waals surface area contributed by atoms with Crippen molar-refractivity contribution >= 4 is 6.47 Å². The third kappa shape index (κ3) is 2.99. The smallest absolute Gasteiger partial charge is 0.293 e. The van der Waals surface area contributed by atoms with Gasteiger partial charge in [-0.2, -0.15) is 0 Å². The molecule has 0 N–H and O–H groups in total. The van der Waals surface area contributed by atoms with E-state index >= 15 is 0 Å². The molecule has 1 aliphatic heterocycles. The number of carbonyl (C=O) groups excluding carboxylic acids is 1. The van der Waals surface area contributed by atoms with Crippen molar-refractivity contribution in [3.8, 4) is 0 Å². The SMILES string of the molecule is CC(C)C(OC=O)C1CCCOC1. The van der Waals surface area contributed by atoms with E-state index in [1.165, 1.54) is 0 Å². The monoisotopic (exact) mass is 186 g/mol. The van der Waals surface area contributed by atoms with Gasteiger partial charge in [-0.05, 0) is 18.8 Å². The molecule has 1 saturated heterocycles. The number of ether oxygens (including phenoxy) is 2. The molecule has 3 nitrogen and oxygen atoms in total. The predicted octanol–water partition coefficient (Wildman–Crippen LogP) is 1.61. The first kappa shape index (κ1) is 10.5. The third-order valence-electron chi connectivity index (χ3n) is 2.53. The van der Waals surface area contributed by atoms with Crippen molar-refractivity contribution < 1.29 is 14.3 Å². The van der Waals surface area contributed by atoms with Crippen LogP contribution in [0.3, 0.4) is 0 Å². The molecule has 3 heteroatoms. The molecule has 13 heavy (non-hydrogen) atoms. The third-order valence-corrected chi connectivity index (χ3v) is 2.53. The molecule has 76 valence electrons. The van der Waals surface area contributed by atoms with E-state index in [4.69, 9.17) is 9.47 Å². The average molecular weight is 186 g/mol. The summed E-state index contributed by atoms with van der Waals surface area (Å²) in [5, 5.41) is 0. The zero-order valence-corrected chi connectivity index (χ0v) is 8.36. The van der Waals surface area contributed by atoms with E-state index in [-0.39, 0.29) is 6.10 Å². The summed E-state index contributed by atoms with van der Waals surface area (Å²) >= 11 is 0. The number of hydrogen-bond donors (Lipinski definition) is 0. The summed E-state index contributed by atoms with van der Waals surface area (Å²) in [6.07, 6.45) is 2.21. The fraction of sp³-hybridized carbons (Fsp3) is 0.900. The Kier molecular flexibility index (Phi) is 4.22. The van der Waals surface area contributed by atoms with Gasteiger partial charge in [0.1, 0.15) is 6.10 Å². The van der Waals surface area contributed by atoms with Crippen LogP contribution in [0.25, 0.3) is 0 Å². The lowest BCUT2D eigenvalue weighted by molar-refractivity contribution is -0.142. The van der Waals surface area contributed by atoms with Crippen LogP contribution in [0.1, 0.15) is 26.7 Å². The van der Waals surface area contributed by atoms with Crippen molar-refractivity contribution in [1.82, 2.24) is 0 Å². The van der Waals surface area contributed by atoms with Gasteiger partial charge in [0, 0.05) is 12.5 Å². The van der Waals surface area contributed by atoms with Crippen LogP contribution < -0.4 is 0 Å². The minimum Gasteiger partial charge on any atom is -0.464 e. The van der Waals surface area contributed by atoms with Crippen molar-refractivity contribution in [2.45, 2.75) is 32.8 Å². The first-order chi connectivity index (χ1) is 6.25. The Labute approximate surface area is 79.4 Å². The van der Waals surface area contributed by atoms with Gasteiger partial charge >= 0.3 is 0 Å². The zero-order valence-electron chi connectivity index (χ0n) is 8.36. The van der Waals surface area contributed by atoms with Gasteiger partial charge in [0.05, 0.1) is 6.61 Å². The summed E-state index contributed by atoms with van der Waals surface area (Å²) in [5.41, 5.74) is 0. The van der Waals surface area contributed by atoms with E-state index in [1.54, 1.807) is 0 Å².